The van der Waals surface area contributed by atoms with E-state index in [4.69, 9.17) is 4.74 Å². The molecule has 6 rings (SSSR count). The van der Waals surface area contributed by atoms with Crippen molar-refractivity contribution in [2.75, 3.05) is 59.0 Å². The number of benzene rings is 4. The monoisotopic (exact) mass is 714 g/mol. The van der Waals surface area contributed by atoms with Gasteiger partial charge in [0, 0.05) is 74.3 Å². The minimum Gasteiger partial charge on any atom is -0.492 e. The van der Waals surface area contributed by atoms with Crippen molar-refractivity contribution < 1.29 is 19.1 Å². The van der Waals surface area contributed by atoms with E-state index in [1.54, 1.807) is 0 Å². The predicted molar refractivity (Wildman–Crippen MR) is 211 cm³/mol. The SMILES string of the molecule is CCN(CC)C(=O)c1ccc(Cc2ccccc2OCCN2CCC3(CC2)CN(Cc2ccc(C(=O)N(CC)CC)cc2)C(=O)c2ccccc23)cc1. The molecule has 2 aliphatic rings. The molecule has 53 heavy (non-hydrogen) atoms. The highest BCUT2D eigenvalue weighted by atomic mass is 16.5. The Morgan fingerprint density at radius 3 is 1.85 bits per heavy atom. The van der Waals surface area contributed by atoms with Crippen LogP contribution in [0.4, 0.5) is 0 Å². The molecule has 0 bridgehead atoms. The minimum absolute atomic E-state index is 0.0386. The topological polar surface area (TPSA) is 73.4 Å². The fourth-order valence-electron chi connectivity index (χ4n) is 8.00. The second-order valence-corrected chi connectivity index (χ2v) is 14.3. The average molecular weight is 715 g/mol. The van der Waals surface area contributed by atoms with Crippen molar-refractivity contribution in [3.63, 3.8) is 0 Å². The Morgan fingerprint density at radius 1 is 0.698 bits per heavy atom. The molecule has 0 atom stereocenters. The normalized spacial score (nSPS) is 15.2. The highest BCUT2D eigenvalue weighted by molar-refractivity contribution is 5.98. The molecular weight excluding hydrogens is 661 g/mol. The summed E-state index contributed by atoms with van der Waals surface area (Å²) in [5.74, 6) is 1.08. The Morgan fingerprint density at radius 2 is 1.25 bits per heavy atom. The number of hydrogen-bond donors (Lipinski definition) is 0. The van der Waals surface area contributed by atoms with Gasteiger partial charge in [-0.05, 0) is 112 Å². The number of ether oxygens (including phenoxy) is 1. The Kier molecular flexibility index (Phi) is 12.3. The van der Waals surface area contributed by atoms with Crippen molar-refractivity contribution in [2.24, 2.45) is 0 Å². The first-order chi connectivity index (χ1) is 25.8. The lowest BCUT2D eigenvalue weighted by Crippen LogP contribution is -2.54. The van der Waals surface area contributed by atoms with Crippen molar-refractivity contribution in [3.05, 3.63) is 136 Å². The molecule has 4 aromatic rings. The maximum Gasteiger partial charge on any atom is 0.254 e. The van der Waals surface area contributed by atoms with Crippen LogP contribution < -0.4 is 4.74 Å². The van der Waals surface area contributed by atoms with Crippen LogP contribution in [0.5, 0.6) is 5.75 Å². The molecule has 0 aromatic heterocycles. The lowest BCUT2D eigenvalue weighted by Gasteiger charge is -2.48. The first-order valence-electron chi connectivity index (χ1n) is 19.4. The fourth-order valence-corrected chi connectivity index (χ4v) is 8.00. The lowest BCUT2D eigenvalue weighted by molar-refractivity contribution is 0.0551. The van der Waals surface area contributed by atoms with E-state index in [1.165, 1.54) is 5.56 Å². The van der Waals surface area contributed by atoms with Gasteiger partial charge < -0.3 is 19.4 Å². The number of hydrogen-bond acceptors (Lipinski definition) is 5. The van der Waals surface area contributed by atoms with Gasteiger partial charge >= 0.3 is 0 Å². The van der Waals surface area contributed by atoms with E-state index in [0.717, 1.165) is 72.5 Å². The number of piperidine rings is 1. The molecule has 8 heteroatoms. The molecule has 0 radical (unpaired) electrons. The third-order valence-corrected chi connectivity index (χ3v) is 11.2. The van der Waals surface area contributed by atoms with Crippen molar-refractivity contribution in [2.45, 2.75) is 58.9 Å². The number of carbonyl (C=O) groups is 3. The molecule has 0 N–H and O–H groups in total. The number of para-hydroxylation sites is 1. The number of amides is 3. The second kappa shape index (κ2) is 17.3. The molecule has 3 amide bonds. The molecule has 1 spiro atoms. The summed E-state index contributed by atoms with van der Waals surface area (Å²) < 4.78 is 6.40. The first kappa shape index (κ1) is 37.8. The third-order valence-electron chi connectivity index (χ3n) is 11.2. The summed E-state index contributed by atoms with van der Waals surface area (Å²) in [5, 5.41) is 0. The number of likely N-dealkylation sites (tertiary alicyclic amines) is 1. The fraction of sp³-hybridized carbons (Fsp3) is 0.400. The van der Waals surface area contributed by atoms with Crippen molar-refractivity contribution in [1.29, 1.82) is 0 Å². The number of fused-ring (bicyclic) bond motifs is 2. The summed E-state index contributed by atoms with van der Waals surface area (Å²) in [6, 6.07) is 32.1. The van der Waals surface area contributed by atoms with Gasteiger partial charge in [0.15, 0.2) is 0 Å². The van der Waals surface area contributed by atoms with E-state index in [9.17, 15) is 14.4 Å². The highest BCUT2D eigenvalue weighted by Gasteiger charge is 2.44. The largest absolute Gasteiger partial charge is 0.492 e. The summed E-state index contributed by atoms with van der Waals surface area (Å²) in [7, 11) is 0. The van der Waals surface area contributed by atoms with E-state index in [2.05, 4.69) is 23.1 Å². The van der Waals surface area contributed by atoms with Gasteiger partial charge in [0.25, 0.3) is 17.7 Å². The van der Waals surface area contributed by atoms with E-state index >= 15 is 0 Å². The summed E-state index contributed by atoms with van der Waals surface area (Å²) >= 11 is 0. The Hall–Kier alpha value is -4.95. The van der Waals surface area contributed by atoms with E-state index < -0.39 is 0 Å². The molecule has 4 aromatic carbocycles. The zero-order valence-electron chi connectivity index (χ0n) is 31.9. The third kappa shape index (κ3) is 8.49. The summed E-state index contributed by atoms with van der Waals surface area (Å²) in [4.78, 5) is 47.5. The lowest BCUT2D eigenvalue weighted by atomic mass is 9.68. The summed E-state index contributed by atoms with van der Waals surface area (Å²) in [6.45, 7) is 15.2. The van der Waals surface area contributed by atoms with Crippen LogP contribution in [0.1, 0.15) is 93.9 Å². The van der Waals surface area contributed by atoms with Crippen LogP contribution in [0.2, 0.25) is 0 Å². The Bertz CT molecular complexity index is 1860. The second-order valence-electron chi connectivity index (χ2n) is 14.3. The number of rotatable bonds is 14. The molecule has 0 aliphatic carbocycles. The zero-order valence-corrected chi connectivity index (χ0v) is 31.9. The van der Waals surface area contributed by atoms with Crippen molar-refractivity contribution in [3.8, 4) is 5.75 Å². The van der Waals surface area contributed by atoms with E-state index in [0.29, 0.717) is 51.4 Å². The summed E-state index contributed by atoms with van der Waals surface area (Å²) in [5.41, 5.74) is 6.58. The van der Waals surface area contributed by atoms with Gasteiger partial charge in [-0.25, -0.2) is 0 Å². The molecule has 278 valence electrons. The van der Waals surface area contributed by atoms with Gasteiger partial charge in [-0.15, -0.1) is 0 Å². The first-order valence-corrected chi connectivity index (χ1v) is 19.4. The van der Waals surface area contributed by atoms with Gasteiger partial charge in [0.05, 0.1) is 0 Å². The van der Waals surface area contributed by atoms with Gasteiger partial charge in [-0.1, -0.05) is 60.7 Å². The van der Waals surface area contributed by atoms with Crippen LogP contribution in [0.25, 0.3) is 0 Å². The van der Waals surface area contributed by atoms with Crippen molar-refractivity contribution >= 4 is 17.7 Å². The van der Waals surface area contributed by atoms with E-state index in [1.807, 2.05) is 121 Å². The number of carbonyl (C=O) groups excluding carboxylic acids is 3. The maximum atomic E-state index is 13.8. The molecule has 2 aliphatic heterocycles. The molecule has 0 unspecified atom stereocenters. The zero-order chi connectivity index (χ0) is 37.4. The highest BCUT2D eigenvalue weighted by Crippen LogP contribution is 2.42. The predicted octanol–water partition coefficient (Wildman–Crippen LogP) is 7.31. The number of nitrogens with zero attached hydrogens (tertiary/aromatic N) is 4. The Labute approximate surface area is 315 Å². The van der Waals surface area contributed by atoms with Gasteiger partial charge in [0.1, 0.15) is 12.4 Å². The quantitative estimate of drug-likeness (QED) is 0.137. The van der Waals surface area contributed by atoms with Gasteiger partial charge in [-0.2, -0.15) is 0 Å². The van der Waals surface area contributed by atoms with Gasteiger partial charge in [0.2, 0.25) is 0 Å². The van der Waals surface area contributed by atoms with Crippen LogP contribution in [-0.4, -0.2) is 96.3 Å². The van der Waals surface area contributed by atoms with Gasteiger partial charge in [-0.3, -0.25) is 19.3 Å². The maximum absolute atomic E-state index is 13.8. The van der Waals surface area contributed by atoms with Crippen LogP contribution in [0.3, 0.4) is 0 Å². The van der Waals surface area contributed by atoms with Crippen LogP contribution in [0.15, 0.2) is 97.1 Å². The molecule has 1 fully saturated rings. The smallest absolute Gasteiger partial charge is 0.254 e. The molecule has 1 saturated heterocycles. The molecule has 8 nitrogen and oxygen atoms in total. The van der Waals surface area contributed by atoms with Crippen LogP contribution in [0, 0.1) is 0 Å². The summed E-state index contributed by atoms with van der Waals surface area (Å²) in [6.07, 6.45) is 2.66. The average Bonchev–Trinajstić information content (AvgIpc) is 3.20. The van der Waals surface area contributed by atoms with Crippen LogP contribution in [-0.2, 0) is 18.4 Å². The minimum atomic E-state index is -0.0986. The standard InChI is InChI=1S/C45H54N4O4/c1-5-47(6-2)42(50)36-21-17-34(18-22-36)31-38-13-9-12-16-41(38)53-30-29-46-27-25-45(26-28-46)33-49(44(52)39-14-10-11-15-40(39)45)32-35-19-23-37(24-20-35)43(51)48(7-3)8-4/h9-24H,5-8,25-33H2,1-4H3. The Balaban J connectivity index is 1.05. The van der Waals surface area contributed by atoms with Crippen molar-refractivity contribution in [1.82, 2.24) is 19.6 Å². The molecule has 0 saturated carbocycles. The van der Waals surface area contributed by atoms with Crippen LogP contribution >= 0.6 is 0 Å². The van der Waals surface area contributed by atoms with E-state index in [-0.39, 0.29) is 23.1 Å². The molecular formula is C45H54N4O4. The molecule has 2 heterocycles.